The first-order valence-corrected chi connectivity index (χ1v) is 13.0. The second kappa shape index (κ2) is 10.5. The smallest absolute Gasteiger partial charge is 0.226 e. The lowest BCUT2D eigenvalue weighted by Crippen LogP contribution is -2.37. The van der Waals surface area contributed by atoms with E-state index < -0.39 is 0 Å². The first-order valence-electron chi connectivity index (χ1n) is 12.2. The molecule has 0 aliphatic carbocycles. The normalized spacial score (nSPS) is 13.4. The Morgan fingerprint density at radius 1 is 0.816 bits per heavy atom. The zero-order valence-electron chi connectivity index (χ0n) is 20.7. The number of nitrogens with two attached hydrogens (primary N) is 1. The third kappa shape index (κ3) is 5.01. The predicted octanol–water partition coefficient (Wildman–Crippen LogP) is 4.59. The fraction of sp³-hybridized carbons (Fsp3) is 0.185. The van der Waals surface area contributed by atoms with Crippen LogP contribution < -0.4 is 16.0 Å². The van der Waals surface area contributed by atoms with Gasteiger partial charge in [-0.1, -0.05) is 41.7 Å². The third-order valence-corrected chi connectivity index (χ3v) is 7.17. The van der Waals surface area contributed by atoms with Crippen molar-refractivity contribution in [3.8, 4) is 33.0 Å². The largest absolute Gasteiger partial charge is 0.378 e. The fourth-order valence-electron chi connectivity index (χ4n) is 4.22. The quantitative estimate of drug-likeness (QED) is 0.326. The number of anilines is 4. The van der Waals surface area contributed by atoms with Crippen molar-refractivity contribution >= 4 is 34.2 Å². The van der Waals surface area contributed by atoms with Gasteiger partial charge in [0.25, 0.3) is 0 Å². The number of morpholine rings is 1. The van der Waals surface area contributed by atoms with Crippen LogP contribution in [0.4, 0.5) is 22.8 Å². The van der Waals surface area contributed by atoms with Crippen LogP contribution in [0.15, 0.2) is 67.3 Å². The molecule has 1 saturated heterocycles. The van der Waals surface area contributed by atoms with Gasteiger partial charge in [0.2, 0.25) is 11.9 Å². The van der Waals surface area contributed by atoms with E-state index in [4.69, 9.17) is 20.4 Å². The van der Waals surface area contributed by atoms with Crippen LogP contribution >= 0.6 is 11.3 Å². The standard InChI is InChI=1S/C27H25N9OS/c1-17-23(34-26(36-9-11-37-12-10-36)35-24(17)20-14-30-25(28)31-15-20)19-7-8-22(29-13-19)33-27-32-16-21(38-27)18-5-3-2-4-6-18/h2-8,13-16H,9-12H2,1H3,(H2,28,30,31)(H,29,32,33). The lowest BCUT2D eigenvalue weighted by Gasteiger charge is -2.28. The molecule has 5 heterocycles. The van der Waals surface area contributed by atoms with E-state index in [0.29, 0.717) is 25.0 Å². The second-order valence-corrected chi connectivity index (χ2v) is 9.76. The molecule has 0 amide bonds. The van der Waals surface area contributed by atoms with Gasteiger partial charge in [-0.2, -0.15) is 0 Å². The molecule has 4 aromatic heterocycles. The minimum atomic E-state index is 0.220. The SMILES string of the molecule is Cc1c(-c2ccc(Nc3ncc(-c4ccccc4)s3)nc2)nc(N2CCOCC2)nc1-c1cnc(N)nc1. The number of aromatic nitrogens is 6. The molecule has 0 radical (unpaired) electrons. The summed E-state index contributed by atoms with van der Waals surface area (Å²) in [5.74, 6) is 1.56. The number of hydrogen-bond donors (Lipinski definition) is 2. The van der Waals surface area contributed by atoms with Crippen molar-refractivity contribution < 1.29 is 4.74 Å². The van der Waals surface area contributed by atoms with E-state index in [-0.39, 0.29) is 5.95 Å². The van der Waals surface area contributed by atoms with E-state index in [0.717, 1.165) is 56.7 Å². The number of nitrogen functional groups attached to an aromatic ring is 1. The van der Waals surface area contributed by atoms with Gasteiger partial charge in [-0.15, -0.1) is 0 Å². The van der Waals surface area contributed by atoms with Gasteiger partial charge in [0, 0.05) is 54.6 Å². The molecule has 0 atom stereocenters. The summed E-state index contributed by atoms with van der Waals surface area (Å²) in [5.41, 5.74) is 11.0. The highest BCUT2D eigenvalue weighted by molar-refractivity contribution is 7.18. The van der Waals surface area contributed by atoms with Crippen molar-refractivity contribution in [2.45, 2.75) is 6.92 Å². The topological polar surface area (TPSA) is 128 Å². The van der Waals surface area contributed by atoms with Crippen LogP contribution in [0.2, 0.25) is 0 Å². The maximum Gasteiger partial charge on any atom is 0.226 e. The number of pyridine rings is 1. The van der Waals surface area contributed by atoms with Crippen LogP contribution in [0.5, 0.6) is 0 Å². The van der Waals surface area contributed by atoms with Crippen LogP contribution in [0.25, 0.3) is 33.0 Å². The average molecular weight is 524 g/mol. The molecule has 1 aliphatic heterocycles. The fourth-order valence-corrected chi connectivity index (χ4v) is 5.05. The van der Waals surface area contributed by atoms with E-state index in [1.807, 2.05) is 49.6 Å². The Kier molecular flexibility index (Phi) is 6.59. The minimum absolute atomic E-state index is 0.220. The Labute approximate surface area is 223 Å². The number of ether oxygens (including phenoxy) is 1. The van der Waals surface area contributed by atoms with Crippen LogP contribution in [0, 0.1) is 6.92 Å². The van der Waals surface area contributed by atoms with Crippen molar-refractivity contribution in [2.24, 2.45) is 0 Å². The molecule has 11 heteroatoms. The summed E-state index contributed by atoms with van der Waals surface area (Å²) in [7, 11) is 0. The molecular weight excluding hydrogens is 498 g/mol. The van der Waals surface area contributed by atoms with E-state index in [1.165, 1.54) is 0 Å². The molecule has 1 fully saturated rings. The molecule has 1 aromatic carbocycles. The van der Waals surface area contributed by atoms with Crippen molar-refractivity contribution in [1.29, 1.82) is 0 Å². The van der Waals surface area contributed by atoms with Gasteiger partial charge < -0.3 is 20.7 Å². The van der Waals surface area contributed by atoms with Crippen LogP contribution in [0.1, 0.15) is 5.56 Å². The number of hydrogen-bond acceptors (Lipinski definition) is 11. The highest BCUT2D eigenvalue weighted by atomic mass is 32.1. The van der Waals surface area contributed by atoms with Gasteiger partial charge in [-0.3, -0.25) is 0 Å². The molecule has 38 heavy (non-hydrogen) atoms. The first kappa shape index (κ1) is 23.9. The van der Waals surface area contributed by atoms with Gasteiger partial charge in [0.05, 0.1) is 29.5 Å². The van der Waals surface area contributed by atoms with Gasteiger partial charge in [-0.05, 0) is 24.6 Å². The predicted molar refractivity (Wildman–Crippen MR) is 149 cm³/mol. The number of thiazole rings is 1. The summed E-state index contributed by atoms with van der Waals surface area (Å²) in [5, 5.41) is 4.09. The van der Waals surface area contributed by atoms with Gasteiger partial charge in [0.15, 0.2) is 5.13 Å². The van der Waals surface area contributed by atoms with E-state index >= 15 is 0 Å². The molecule has 0 unspecified atom stereocenters. The van der Waals surface area contributed by atoms with Crippen LogP contribution in [-0.2, 0) is 4.74 Å². The summed E-state index contributed by atoms with van der Waals surface area (Å²) in [4.78, 5) is 30.5. The van der Waals surface area contributed by atoms with E-state index in [1.54, 1.807) is 23.7 Å². The zero-order valence-corrected chi connectivity index (χ0v) is 21.5. The maximum absolute atomic E-state index is 5.72. The van der Waals surface area contributed by atoms with Crippen molar-refractivity contribution in [3.63, 3.8) is 0 Å². The average Bonchev–Trinajstić information content (AvgIpc) is 3.44. The Morgan fingerprint density at radius 2 is 1.53 bits per heavy atom. The molecule has 0 saturated carbocycles. The zero-order chi connectivity index (χ0) is 25.9. The number of rotatable bonds is 6. The Morgan fingerprint density at radius 3 is 2.24 bits per heavy atom. The second-order valence-electron chi connectivity index (χ2n) is 8.73. The Bertz CT molecular complexity index is 1530. The minimum Gasteiger partial charge on any atom is -0.378 e. The summed E-state index contributed by atoms with van der Waals surface area (Å²) in [6.07, 6.45) is 7.06. The molecule has 6 rings (SSSR count). The van der Waals surface area contributed by atoms with Gasteiger partial charge in [0.1, 0.15) is 5.82 Å². The van der Waals surface area contributed by atoms with Crippen LogP contribution in [-0.4, -0.2) is 56.2 Å². The molecule has 0 bridgehead atoms. The molecule has 10 nitrogen and oxygen atoms in total. The highest BCUT2D eigenvalue weighted by Gasteiger charge is 2.20. The molecule has 0 spiro atoms. The molecule has 5 aromatic rings. The van der Waals surface area contributed by atoms with Crippen LogP contribution in [0.3, 0.4) is 0 Å². The molecule has 3 N–H and O–H groups in total. The lowest BCUT2D eigenvalue weighted by molar-refractivity contribution is 0.122. The summed E-state index contributed by atoms with van der Waals surface area (Å²) < 4.78 is 5.52. The molecule has 1 aliphatic rings. The Balaban J connectivity index is 1.31. The number of benzene rings is 1. The monoisotopic (exact) mass is 523 g/mol. The summed E-state index contributed by atoms with van der Waals surface area (Å²) in [6.45, 7) is 4.71. The highest BCUT2D eigenvalue weighted by Crippen LogP contribution is 2.33. The number of nitrogens with zero attached hydrogens (tertiary/aromatic N) is 7. The maximum atomic E-state index is 5.72. The lowest BCUT2D eigenvalue weighted by atomic mass is 10.0. The third-order valence-electron chi connectivity index (χ3n) is 6.21. The number of nitrogens with one attached hydrogen (secondary N) is 1. The van der Waals surface area contributed by atoms with Crippen molar-refractivity contribution in [1.82, 2.24) is 29.9 Å². The molecular formula is C27H25N9OS. The van der Waals surface area contributed by atoms with Crippen molar-refractivity contribution in [3.05, 3.63) is 72.8 Å². The first-order chi connectivity index (χ1) is 18.6. The Hall–Kier alpha value is -4.48. The van der Waals surface area contributed by atoms with Crippen molar-refractivity contribution in [2.75, 3.05) is 42.3 Å². The van der Waals surface area contributed by atoms with E-state index in [9.17, 15) is 0 Å². The molecule has 190 valence electrons. The summed E-state index contributed by atoms with van der Waals surface area (Å²) >= 11 is 1.58. The summed E-state index contributed by atoms with van der Waals surface area (Å²) in [6, 6.07) is 14.1. The van der Waals surface area contributed by atoms with E-state index in [2.05, 4.69) is 42.3 Å². The van der Waals surface area contributed by atoms with Gasteiger partial charge in [-0.25, -0.2) is 29.9 Å². The van der Waals surface area contributed by atoms with Gasteiger partial charge >= 0.3 is 0 Å².